The number of fused-ring (bicyclic) bond motifs is 1. The number of piperazine rings is 1. The minimum Gasteiger partial charge on any atom is -0.336 e. The second kappa shape index (κ2) is 5.40. The second-order valence-electron chi connectivity index (χ2n) is 5.35. The summed E-state index contributed by atoms with van der Waals surface area (Å²) in [5.41, 5.74) is 1.40. The number of hydrogen-bond donors (Lipinski definition) is 0. The molecule has 7 heteroatoms. The maximum Gasteiger partial charge on any atom is 0.257 e. The minimum absolute atomic E-state index is 0.0332. The van der Waals surface area contributed by atoms with E-state index in [1.54, 1.807) is 10.7 Å². The van der Waals surface area contributed by atoms with E-state index in [0.717, 1.165) is 38.4 Å². The van der Waals surface area contributed by atoms with Crippen LogP contribution in [0, 0.1) is 13.8 Å². The van der Waals surface area contributed by atoms with E-state index in [4.69, 9.17) is 0 Å². The fraction of sp³-hybridized carbons (Fsp3) is 0.571. The number of likely N-dealkylation sites (N-methyl/N-ethyl adjacent to an activating group) is 1. The van der Waals surface area contributed by atoms with Gasteiger partial charge in [0.05, 0.1) is 11.3 Å². The fourth-order valence-corrected chi connectivity index (χ4v) is 2.69. The summed E-state index contributed by atoms with van der Waals surface area (Å²) in [4.78, 5) is 25.4. The third kappa shape index (κ3) is 2.49. The Hall–Kier alpha value is -2.02. The number of hydrogen-bond acceptors (Lipinski definition) is 5. The summed E-state index contributed by atoms with van der Waals surface area (Å²) in [5.74, 6) is 1.23. The SMILES string of the molecule is CCN1CCN(C(=O)c2cnc3nc(C)nn3c2C)CC1. The molecule has 3 rings (SSSR count). The highest BCUT2D eigenvalue weighted by Gasteiger charge is 2.24. The van der Waals surface area contributed by atoms with E-state index in [1.807, 2.05) is 18.7 Å². The minimum atomic E-state index is 0.0332. The maximum absolute atomic E-state index is 12.7. The van der Waals surface area contributed by atoms with Gasteiger partial charge < -0.3 is 9.80 Å². The lowest BCUT2D eigenvalue weighted by Gasteiger charge is -2.34. The molecule has 1 amide bonds. The summed E-state index contributed by atoms with van der Waals surface area (Å²) in [7, 11) is 0. The fourth-order valence-electron chi connectivity index (χ4n) is 2.69. The van der Waals surface area contributed by atoms with Crippen LogP contribution in [0.5, 0.6) is 0 Å². The van der Waals surface area contributed by atoms with Gasteiger partial charge in [0, 0.05) is 32.4 Å². The van der Waals surface area contributed by atoms with Crippen LogP contribution in [-0.4, -0.2) is 68.0 Å². The summed E-state index contributed by atoms with van der Waals surface area (Å²) in [5, 5.41) is 4.29. The first-order valence-electron chi connectivity index (χ1n) is 7.30. The molecule has 7 nitrogen and oxygen atoms in total. The molecule has 3 heterocycles. The van der Waals surface area contributed by atoms with Crippen molar-refractivity contribution < 1.29 is 4.79 Å². The number of nitrogens with zero attached hydrogens (tertiary/aromatic N) is 6. The molecule has 0 atom stereocenters. The highest BCUT2D eigenvalue weighted by Crippen LogP contribution is 2.13. The Bertz CT molecular complexity index is 671. The van der Waals surface area contributed by atoms with Gasteiger partial charge in [-0.05, 0) is 20.4 Å². The number of aromatic nitrogens is 4. The molecule has 0 bridgehead atoms. The van der Waals surface area contributed by atoms with Crippen molar-refractivity contribution in [3.8, 4) is 0 Å². The van der Waals surface area contributed by atoms with Crippen LogP contribution in [-0.2, 0) is 0 Å². The van der Waals surface area contributed by atoms with Crippen molar-refractivity contribution in [2.45, 2.75) is 20.8 Å². The molecule has 1 saturated heterocycles. The Balaban J connectivity index is 1.86. The highest BCUT2D eigenvalue weighted by atomic mass is 16.2. The molecular formula is C14H20N6O. The standard InChI is InChI=1S/C14H20N6O/c1-4-18-5-7-19(8-6-18)13(21)12-9-15-14-16-11(3)17-20(14)10(12)2/h9H,4-8H2,1-3H3. The Kier molecular flexibility index (Phi) is 3.59. The van der Waals surface area contributed by atoms with Crippen LogP contribution in [0.2, 0.25) is 0 Å². The summed E-state index contributed by atoms with van der Waals surface area (Å²) < 4.78 is 1.64. The van der Waals surface area contributed by atoms with E-state index in [9.17, 15) is 4.79 Å². The van der Waals surface area contributed by atoms with Crippen LogP contribution in [0.15, 0.2) is 6.20 Å². The lowest BCUT2D eigenvalue weighted by atomic mass is 10.2. The van der Waals surface area contributed by atoms with E-state index in [-0.39, 0.29) is 5.91 Å². The van der Waals surface area contributed by atoms with Gasteiger partial charge in [0.1, 0.15) is 5.82 Å². The molecule has 0 unspecified atom stereocenters. The molecule has 1 aliphatic rings. The van der Waals surface area contributed by atoms with Gasteiger partial charge in [0.25, 0.3) is 11.7 Å². The first-order chi connectivity index (χ1) is 10.1. The number of rotatable bonds is 2. The van der Waals surface area contributed by atoms with Crippen LogP contribution in [0.3, 0.4) is 0 Å². The van der Waals surface area contributed by atoms with Crippen molar-refractivity contribution >= 4 is 11.7 Å². The Morgan fingerprint density at radius 2 is 1.95 bits per heavy atom. The van der Waals surface area contributed by atoms with E-state index in [0.29, 0.717) is 17.2 Å². The molecule has 112 valence electrons. The van der Waals surface area contributed by atoms with E-state index < -0.39 is 0 Å². The smallest absolute Gasteiger partial charge is 0.257 e. The van der Waals surface area contributed by atoms with E-state index >= 15 is 0 Å². The zero-order valence-electron chi connectivity index (χ0n) is 12.7. The van der Waals surface area contributed by atoms with Crippen molar-refractivity contribution in [1.29, 1.82) is 0 Å². The topological polar surface area (TPSA) is 66.6 Å². The maximum atomic E-state index is 12.7. The summed E-state index contributed by atoms with van der Waals surface area (Å²) in [6.45, 7) is 10.3. The molecule has 0 saturated carbocycles. The Morgan fingerprint density at radius 3 is 2.62 bits per heavy atom. The summed E-state index contributed by atoms with van der Waals surface area (Å²) >= 11 is 0. The van der Waals surface area contributed by atoms with Crippen LogP contribution in [0.4, 0.5) is 0 Å². The first kappa shape index (κ1) is 13.9. The average Bonchev–Trinajstić information content (AvgIpc) is 2.89. The van der Waals surface area contributed by atoms with Gasteiger partial charge >= 0.3 is 0 Å². The predicted molar refractivity (Wildman–Crippen MR) is 78.3 cm³/mol. The lowest BCUT2D eigenvalue weighted by Crippen LogP contribution is -2.48. The van der Waals surface area contributed by atoms with Crippen molar-refractivity contribution in [2.75, 3.05) is 32.7 Å². The normalized spacial score (nSPS) is 16.6. The van der Waals surface area contributed by atoms with Gasteiger partial charge in [-0.3, -0.25) is 4.79 Å². The van der Waals surface area contributed by atoms with Gasteiger partial charge in [-0.1, -0.05) is 6.92 Å². The molecule has 0 spiro atoms. The molecule has 0 N–H and O–H groups in total. The molecular weight excluding hydrogens is 268 g/mol. The van der Waals surface area contributed by atoms with Crippen LogP contribution in [0.25, 0.3) is 5.78 Å². The van der Waals surface area contributed by atoms with Crippen LogP contribution >= 0.6 is 0 Å². The molecule has 21 heavy (non-hydrogen) atoms. The van der Waals surface area contributed by atoms with Gasteiger partial charge in [-0.25, -0.2) is 9.50 Å². The van der Waals surface area contributed by atoms with Crippen molar-refractivity contribution in [3.05, 3.63) is 23.3 Å². The van der Waals surface area contributed by atoms with Gasteiger partial charge in [-0.2, -0.15) is 10.1 Å². The molecule has 0 aromatic carbocycles. The average molecular weight is 288 g/mol. The summed E-state index contributed by atoms with van der Waals surface area (Å²) in [6, 6.07) is 0. The zero-order chi connectivity index (χ0) is 15.0. The molecule has 1 fully saturated rings. The third-order valence-electron chi connectivity index (χ3n) is 4.05. The Labute approximate surface area is 123 Å². The van der Waals surface area contributed by atoms with Crippen molar-refractivity contribution in [2.24, 2.45) is 0 Å². The van der Waals surface area contributed by atoms with E-state index in [1.165, 1.54) is 0 Å². The first-order valence-corrected chi connectivity index (χ1v) is 7.30. The second-order valence-corrected chi connectivity index (χ2v) is 5.35. The van der Waals surface area contributed by atoms with Crippen LogP contribution < -0.4 is 0 Å². The zero-order valence-corrected chi connectivity index (χ0v) is 12.7. The molecule has 2 aromatic heterocycles. The quantitative estimate of drug-likeness (QED) is 0.806. The number of amides is 1. The Morgan fingerprint density at radius 1 is 1.24 bits per heavy atom. The number of carbonyl (C=O) groups is 1. The number of aryl methyl sites for hydroxylation is 2. The predicted octanol–water partition coefficient (Wildman–Crippen LogP) is 0.519. The van der Waals surface area contributed by atoms with Crippen molar-refractivity contribution in [3.63, 3.8) is 0 Å². The molecule has 0 aliphatic carbocycles. The number of carbonyl (C=O) groups excluding carboxylic acids is 1. The summed E-state index contributed by atoms with van der Waals surface area (Å²) in [6.07, 6.45) is 1.62. The largest absolute Gasteiger partial charge is 0.336 e. The van der Waals surface area contributed by atoms with Gasteiger partial charge in [0.15, 0.2) is 0 Å². The third-order valence-corrected chi connectivity index (χ3v) is 4.05. The molecule has 1 aliphatic heterocycles. The molecule has 2 aromatic rings. The van der Waals surface area contributed by atoms with Crippen molar-refractivity contribution in [1.82, 2.24) is 29.4 Å². The lowest BCUT2D eigenvalue weighted by molar-refractivity contribution is 0.0641. The van der Waals surface area contributed by atoms with Crippen LogP contribution in [0.1, 0.15) is 28.8 Å². The monoisotopic (exact) mass is 288 g/mol. The van der Waals surface area contributed by atoms with Gasteiger partial charge in [0.2, 0.25) is 0 Å². The van der Waals surface area contributed by atoms with E-state index in [2.05, 4.69) is 26.9 Å². The molecule has 0 radical (unpaired) electrons. The highest BCUT2D eigenvalue weighted by molar-refractivity contribution is 5.95. The van der Waals surface area contributed by atoms with Gasteiger partial charge in [-0.15, -0.1) is 0 Å².